The Morgan fingerprint density at radius 1 is 1.15 bits per heavy atom. The lowest BCUT2D eigenvalue weighted by atomic mass is 10.2. The minimum atomic E-state index is 0.489. The van der Waals surface area contributed by atoms with Gasteiger partial charge in [-0.1, -0.05) is 26.0 Å². The van der Waals surface area contributed by atoms with Crippen LogP contribution in [0, 0.1) is 0 Å². The van der Waals surface area contributed by atoms with Gasteiger partial charge in [-0.25, -0.2) is 4.98 Å². The Morgan fingerprint density at radius 2 is 2.00 bits per heavy atom. The van der Waals surface area contributed by atoms with Gasteiger partial charge in [-0.15, -0.1) is 0 Å². The molecule has 0 aromatic carbocycles. The van der Waals surface area contributed by atoms with Crippen LogP contribution in [0.2, 0.25) is 0 Å². The van der Waals surface area contributed by atoms with Gasteiger partial charge in [0.25, 0.3) is 0 Å². The molecule has 0 unspecified atom stereocenters. The molecular weight excluding hydrogens is 248 g/mol. The van der Waals surface area contributed by atoms with E-state index in [1.807, 2.05) is 25.5 Å². The van der Waals surface area contributed by atoms with Crippen molar-refractivity contribution in [1.82, 2.24) is 15.3 Å². The zero-order valence-electron chi connectivity index (χ0n) is 12.4. The van der Waals surface area contributed by atoms with E-state index in [0.717, 1.165) is 18.9 Å². The monoisotopic (exact) mass is 270 g/mol. The van der Waals surface area contributed by atoms with Gasteiger partial charge < -0.3 is 10.2 Å². The van der Waals surface area contributed by atoms with Crippen molar-refractivity contribution in [2.45, 2.75) is 33.0 Å². The average Bonchev–Trinajstić information content (AvgIpc) is 2.46. The molecule has 0 radical (unpaired) electrons. The van der Waals surface area contributed by atoms with E-state index in [4.69, 9.17) is 0 Å². The molecule has 0 fully saturated rings. The largest absolute Gasteiger partial charge is 0.355 e. The Hall–Kier alpha value is -1.94. The van der Waals surface area contributed by atoms with Crippen molar-refractivity contribution in [2.24, 2.45) is 0 Å². The number of hydrogen-bond acceptors (Lipinski definition) is 4. The van der Waals surface area contributed by atoms with Gasteiger partial charge >= 0.3 is 0 Å². The van der Waals surface area contributed by atoms with Crippen LogP contribution in [0.25, 0.3) is 0 Å². The number of rotatable bonds is 6. The van der Waals surface area contributed by atoms with E-state index in [1.165, 1.54) is 11.1 Å². The molecule has 2 rings (SSSR count). The summed E-state index contributed by atoms with van der Waals surface area (Å²) in [5, 5.41) is 3.39. The Morgan fingerprint density at radius 3 is 2.60 bits per heavy atom. The summed E-state index contributed by atoms with van der Waals surface area (Å²) in [6.45, 7) is 5.95. The van der Waals surface area contributed by atoms with E-state index in [-0.39, 0.29) is 0 Å². The highest BCUT2D eigenvalue weighted by atomic mass is 15.2. The molecule has 4 heteroatoms. The number of aromatic nitrogens is 2. The van der Waals surface area contributed by atoms with Crippen LogP contribution >= 0.6 is 0 Å². The first-order valence-corrected chi connectivity index (χ1v) is 6.93. The summed E-state index contributed by atoms with van der Waals surface area (Å²) < 4.78 is 0. The lowest BCUT2D eigenvalue weighted by Gasteiger charge is -2.18. The third-order valence-corrected chi connectivity index (χ3v) is 3.06. The Kier molecular flexibility index (Phi) is 5.07. The maximum atomic E-state index is 4.52. The molecule has 0 aliphatic rings. The van der Waals surface area contributed by atoms with Gasteiger partial charge in [0, 0.05) is 44.8 Å². The minimum absolute atomic E-state index is 0.489. The number of pyridine rings is 2. The fourth-order valence-corrected chi connectivity index (χ4v) is 1.92. The standard InChI is InChI=1S/C16H22N4/c1-13(2)18-10-14-6-7-16(19-11-14)20(3)12-15-5-4-8-17-9-15/h4-9,11,13,18H,10,12H2,1-3H3. The molecule has 2 heterocycles. The smallest absolute Gasteiger partial charge is 0.128 e. The Labute approximate surface area is 120 Å². The van der Waals surface area contributed by atoms with Gasteiger partial charge in [0.1, 0.15) is 5.82 Å². The molecule has 106 valence electrons. The first-order chi connectivity index (χ1) is 9.65. The predicted molar refractivity (Wildman–Crippen MR) is 82.6 cm³/mol. The van der Waals surface area contributed by atoms with E-state index in [9.17, 15) is 0 Å². The van der Waals surface area contributed by atoms with Crippen LogP contribution in [0.3, 0.4) is 0 Å². The van der Waals surface area contributed by atoms with Crippen molar-refractivity contribution in [2.75, 3.05) is 11.9 Å². The molecule has 0 aliphatic heterocycles. The van der Waals surface area contributed by atoms with Crippen molar-refractivity contribution in [3.8, 4) is 0 Å². The minimum Gasteiger partial charge on any atom is -0.355 e. The van der Waals surface area contributed by atoms with Gasteiger partial charge in [0.2, 0.25) is 0 Å². The summed E-state index contributed by atoms with van der Waals surface area (Å²) in [4.78, 5) is 10.8. The molecule has 0 bridgehead atoms. The fourth-order valence-electron chi connectivity index (χ4n) is 1.92. The molecule has 0 amide bonds. The van der Waals surface area contributed by atoms with Gasteiger partial charge in [-0.3, -0.25) is 4.98 Å². The number of anilines is 1. The zero-order chi connectivity index (χ0) is 14.4. The summed E-state index contributed by atoms with van der Waals surface area (Å²) in [5.74, 6) is 0.974. The summed E-state index contributed by atoms with van der Waals surface area (Å²) in [7, 11) is 2.04. The van der Waals surface area contributed by atoms with E-state index in [1.54, 1.807) is 6.20 Å². The van der Waals surface area contributed by atoms with Crippen LogP contribution in [-0.4, -0.2) is 23.1 Å². The van der Waals surface area contributed by atoms with E-state index in [0.29, 0.717) is 6.04 Å². The van der Waals surface area contributed by atoms with Gasteiger partial charge in [-0.05, 0) is 23.3 Å². The second-order valence-electron chi connectivity index (χ2n) is 5.28. The SMILES string of the molecule is CC(C)NCc1ccc(N(C)Cc2cccnc2)nc1. The van der Waals surface area contributed by atoms with E-state index in [2.05, 4.69) is 52.2 Å². The first-order valence-electron chi connectivity index (χ1n) is 6.93. The summed E-state index contributed by atoms with van der Waals surface area (Å²) in [6.07, 6.45) is 5.61. The maximum Gasteiger partial charge on any atom is 0.128 e. The van der Waals surface area contributed by atoms with Gasteiger partial charge in [0.15, 0.2) is 0 Å². The van der Waals surface area contributed by atoms with Crippen LogP contribution < -0.4 is 10.2 Å². The Bertz CT molecular complexity index is 508. The normalized spacial score (nSPS) is 10.8. The first kappa shape index (κ1) is 14.5. The van der Waals surface area contributed by atoms with Gasteiger partial charge in [-0.2, -0.15) is 0 Å². The van der Waals surface area contributed by atoms with Crippen LogP contribution in [0.4, 0.5) is 5.82 Å². The second-order valence-corrected chi connectivity index (χ2v) is 5.28. The van der Waals surface area contributed by atoms with Crippen LogP contribution in [0.5, 0.6) is 0 Å². The number of nitrogens with one attached hydrogen (secondary N) is 1. The van der Waals surface area contributed by atoms with E-state index >= 15 is 0 Å². The molecule has 4 nitrogen and oxygen atoms in total. The third kappa shape index (κ3) is 4.31. The zero-order valence-corrected chi connectivity index (χ0v) is 12.4. The summed E-state index contributed by atoms with van der Waals surface area (Å²) >= 11 is 0. The lowest BCUT2D eigenvalue weighted by molar-refractivity contribution is 0.588. The molecule has 0 saturated carbocycles. The second kappa shape index (κ2) is 7.01. The van der Waals surface area contributed by atoms with Crippen molar-refractivity contribution in [3.05, 3.63) is 54.0 Å². The third-order valence-electron chi connectivity index (χ3n) is 3.06. The van der Waals surface area contributed by atoms with Crippen LogP contribution in [0.15, 0.2) is 42.9 Å². The van der Waals surface area contributed by atoms with Crippen molar-refractivity contribution < 1.29 is 0 Å². The van der Waals surface area contributed by atoms with Crippen molar-refractivity contribution in [3.63, 3.8) is 0 Å². The topological polar surface area (TPSA) is 41.0 Å². The fraction of sp³-hybridized carbons (Fsp3) is 0.375. The number of hydrogen-bond donors (Lipinski definition) is 1. The highest BCUT2D eigenvalue weighted by Gasteiger charge is 2.04. The molecule has 20 heavy (non-hydrogen) atoms. The Balaban J connectivity index is 1.95. The van der Waals surface area contributed by atoms with Crippen LogP contribution in [-0.2, 0) is 13.1 Å². The highest BCUT2D eigenvalue weighted by Crippen LogP contribution is 2.12. The average molecular weight is 270 g/mol. The molecule has 0 saturated heterocycles. The summed E-state index contributed by atoms with van der Waals surface area (Å²) in [6, 6.07) is 8.70. The van der Waals surface area contributed by atoms with Crippen molar-refractivity contribution >= 4 is 5.82 Å². The van der Waals surface area contributed by atoms with Crippen LogP contribution in [0.1, 0.15) is 25.0 Å². The maximum absolute atomic E-state index is 4.52. The van der Waals surface area contributed by atoms with E-state index < -0.39 is 0 Å². The molecule has 1 N–H and O–H groups in total. The summed E-state index contributed by atoms with van der Waals surface area (Å²) in [5.41, 5.74) is 2.39. The highest BCUT2D eigenvalue weighted by molar-refractivity contribution is 5.39. The quantitative estimate of drug-likeness (QED) is 0.876. The molecule has 0 spiro atoms. The van der Waals surface area contributed by atoms with Gasteiger partial charge in [0.05, 0.1) is 0 Å². The number of nitrogens with zero attached hydrogens (tertiary/aromatic N) is 3. The molecule has 0 atom stereocenters. The molecule has 2 aromatic heterocycles. The molecule has 0 aliphatic carbocycles. The molecule has 2 aromatic rings. The van der Waals surface area contributed by atoms with Crippen molar-refractivity contribution in [1.29, 1.82) is 0 Å². The molecular formula is C16H22N4. The lowest BCUT2D eigenvalue weighted by Crippen LogP contribution is -2.22. The predicted octanol–water partition coefficient (Wildman–Crippen LogP) is 2.61.